The molecule has 1 atom stereocenters. The molecule has 0 saturated heterocycles. The van der Waals surface area contributed by atoms with Crippen LogP contribution in [-0.4, -0.2) is 24.0 Å². The lowest BCUT2D eigenvalue weighted by Crippen LogP contribution is -2.47. The van der Waals surface area contributed by atoms with Crippen molar-refractivity contribution in [2.45, 2.75) is 66.5 Å². The van der Waals surface area contributed by atoms with Crippen LogP contribution in [-0.2, 0) is 4.79 Å². The second kappa shape index (κ2) is 5.67. The van der Waals surface area contributed by atoms with Gasteiger partial charge in [0, 0.05) is 24.5 Å². The van der Waals surface area contributed by atoms with Gasteiger partial charge in [0.25, 0.3) is 0 Å². The molecule has 1 unspecified atom stereocenters. The van der Waals surface area contributed by atoms with Crippen LogP contribution in [0.5, 0.6) is 0 Å². The standard InChI is InChI=1S/C13H28N2O/c1-10(15-13(5,6)7)9-14-11(16)8-12(2,3)4/h10,15H,8-9H2,1-7H3,(H,14,16). The highest BCUT2D eigenvalue weighted by Gasteiger charge is 2.17. The zero-order valence-electron chi connectivity index (χ0n) is 11.9. The molecule has 0 aliphatic heterocycles. The van der Waals surface area contributed by atoms with E-state index in [1.54, 1.807) is 0 Å². The Balaban J connectivity index is 3.85. The highest BCUT2D eigenvalue weighted by molar-refractivity contribution is 5.76. The van der Waals surface area contributed by atoms with Gasteiger partial charge < -0.3 is 10.6 Å². The molecule has 0 radical (unpaired) electrons. The smallest absolute Gasteiger partial charge is 0.220 e. The van der Waals surface area contributed by atoms with Crippen LogP contribution < -0.4 is 10.6 Å². The highest BCUT2D eigenvalue weighted by Crippen LogP contribution is 2.17. The summed E-state index contributed by atoms with van der Waals surface area (Å²) in [5, 5.41) is 6.38. The van der Waals surface area contributed by atoms with E-state index in [2.05, 4.69) is 59.1 Å². The predicted molar refractivity (Wildman–Crippen MR) is 69.4 cm³/mol. The number of nitrogens with one attached hydrogen (secondary N) is 2. The van der Waals surface area contributed by atoms with E-state index in [9.17, 15) is 4.79 Å². The van der Waals surface area contributed by atoms with E-state index in [0.29, 0.717) is 19.0 Å². The first-order valence-corrected chi connectivity index (χ1v) is 6.04. The third-order valence-corrected chi connectivity index (χ3v) is 1.98. The SMILES string of the molecule is CC(CNC(=O)CC(C)(C)C)NC(C)(C)C. The largest absolute Gasteiger partial charge is 0.355 e. The van der Waals surface area contributed by atoms with Gasteiger partial charge in [-0.05, 0) is 33.1 Å². The third kappa shape index (κ3) is 9.97. The maximum absolute atomic E-state index is 11.6. The van der Waals surface area contributed by atoms with E-state index in [-0.39, 0.29) is 16.9 Å². The van der Waals surface area contributed by atoms with Gasteiger partial charge in [-0.15, -0.1) is 0 Å². The molecule has 0 aliphatic carbocycles. The number of hydrogen-bond acceptors (Lipinski definition) is 2. The topological polar surface area (TPSA) is 41.1 Å². The minimum atomic E-state index is 0.0603. The molecule has 0 aliphatic rings. The van der Waals surface area contributed by atoms with Gasteiger partial charge in [-0.2, -0.15) is 0 Å². The third-order valence-electron chi connectivity index (χ3n) is 1.98. The summed E-state index contributed by atoms with van der Waals surface area (Å²) in [7, 11) is 0. The van der Waals surface area contributed by atoms with E-state index in [4.69, 9.17) is 0 Å². The molecule has 2 N–H and O–H groups in total. The Morgan fingerprint density at radius 2 is 1.62 bits per heavy atom. The Kier molecular flexibility index (Phi) is 5.47. The molecule has 0 fully saturated rings. The fourth-order valence-electron chi connectivity index (χ4n) is 1.60. The second-order valence-electron chi connectivity index (χ2n) is 6.84. The van der Waals surface area contributed by atoms with Crippen LogP contribution in [0.15, 0.2) is 0 Å². The van der Waals surface area contributed by atoms with Gasteiger partial charge in [0.1, 0.15) is 0 Å². The van der Waals surface area contributed by atoms with E-state index in [0.717, 1.165) is 0 Å². The zero-order chi connectivity index (χ0) is 13.0. The van der Waals surface area contributed by atoms with Crippen molar-refractivity contribution in [3.05, 3.63) is 0 Å². The van der Waals surface area contributed by atoms with Gasteiger partial charge in [-0.3, -0.25) is 4.79 Å². The molecule has 3 heteroatoms. The first-order chi connectivity index (χ1) is 6.99. The molecule has 3 nitrogen and oxygen atoms in total. The van der Waals surface area contributed by atoms with Crippen molar-refractivity contribution in [1.29, 1.82) is 0 Å². The summed E-state index contributed by atoms with van der Waals surface area (Å²) in [4.78, 5) is 11.6. The van der Waals surface area contributed by atoms with Crippen LogP contribution in [0.25, 0.3) is 0 Å². The lowest BCUT2D eigenvalue weighted by Gasteiger charge is -2.26. The summed E-state index contributed by atoms with van der Waals surface area (Å²) in [5.41, 5.74) is 0.152. The Morgan fingerprint density at radius 1 is 1.12 bits per heavy atom. The molecule has 96 valence electrons. The molecule has 0 spiro atoms. The van der Waals surface area contributed by atoms with Gasteiger partial charge in [-0.25, -0.2) is 0 Å². The minimum absolute atomic E-state index is 0.0603. The predicted octanol–water partition coefficient (Wildman–Crippen LogP) is 2.32. The van der Waals surface area contributed by atoms with E-state index in [1.807, 2.05) is 0 Å². The van der Waals surface area contributed by atoms with Gasteiger partial charge in [0.15, 0.2) is 0 Å². The molecular formula is C13H28N2O. The molecule has 0 aromatic rings. The average molecular weight is 228 g/mol. The van der Waals surface area contributed by atoms with E-state index in [1.165, 1.54) is 0 Å². The molecule has 16 heavy (non-hydrogen) atoms. The van der Waals surface area contributed by atoms with Crippen molar-refractivity contribution in [2.75, 3.05) is 6.54 Å². The Labute approximate surface area is 100 Å². The number of hydrogen-bond donors (Lipinski definition) is 2. The summed E-state index contributed by atoms with van der Waals surface area (Å²) in [6.07, 6.45) is 0.579. The molecule has 0 saturated carbocycles. The number of amides is 1. The van der Waals surface area contributed by atoms with Gasteiger partial charge in [0.05, 0.1) is 0 Å². The summed E-state index contributed by atoms with van der Waals surface area (Å²) in [6.45, 7) is 15.4. The fourth-order valence-corrected chi connectivity index (χ4v) is 1.60. The molecule has 1 amide bonds. The van der Waals surface area contributed by atoms with Crippen molar-refractivity contribution < 1.29 is 4.79 Å². The van der Waals surface area contributed by atoms with Crippen LogP contribution in [0.1, 0.15) is 54.9 Å². The summed E-state index contributed by atoms with van der Waals surface area (Å²) >= 11 is 0. The Morgan fingerprint density at radius 3 is 2.00 bits per heavy atom. The van der Waals surface area contributed by atoms with Crippen LogP contribution >= 0.6 is 0 Å². The molecule has 0 rings (SSSR count). The van der Waals surface area contributed by atoms with Crippen molar-refractivity contribution >= 4 is 5.91 Å². The summed E-state index contributed by atoms with van der Waals surface area (Å²) in [5.74, 6) is 0.134. The monoisotopic (exact) mass is 228 g/mol. The van der Waals surface area contributed by atoms with Crippen LogP contribution in [0.3, 0.4) is 0 Å². The van der Waals surface area contributed by atoms with E-state index >= 15 is 0 Å². The van der Waals surface area contributed by atoms with Gasteiger partial charge in [0.2, 0.25) is 5.91 Å². The summed E-state index contributed by atoms with van der Waals surface area (Å²) < 4.78 is 0. The number of carbonyl (C=O) groups is 1. The number of rotatable bonds is 4. The van der Waals surface area contributed by atoms with Gasteiger partial charge in [-0.1, -0.05) is 20.8 Å². The summed E-state index contributed by atoms with van der Waals surface area (Å²) in [6, 6.07) is 0.295. The van der Waals surface area contributed by atoms with Crippen LogP contribution in [0.2, 0.25) is 0 Å². The normalized spacial score (nSPS) is 14.7. The van der Waals surface area contributed by atoms with Gasteiger partial charge >= 0.3 is 0 Å². The first kappa shape index (κ1) is 15.4. The van der Waals surface area contributed by atoms with Crippen LogP contribution in [0, 0.1) is 5.41 Å². The molecule has 0 bridgehead atoms. The lowest BCUT2D eigenvalue weighted by molar-refractivity contribution is -0.122. The Hall–Kier alpha value is -0.570. The first-order valence-electron chi connectivity index (χ1n) is 6.04. The zero-order valence-corrected chi connectivity index (χ0v) is 11.9. The quantitative estimate of drug-likeness (QED) is 0.775. The van der Waals surface area contributed by atoms with Crippen molar-refractivity contribution in [3.63, 3.8) is 0 Å². The lowest BCUT2D eigenvalue weighted by atomic mass is 9.92. The van der Waals surface area contributed by atoms with Crippen molar-refractivity contribution in [1.82, 2.24) is 10.6 Å². The highest BCUT2D eigenvalue weighted by atomic mass is 16.1. The second-order valence-corrected chi connectivity index (χ2v) is 6.84. The maximum Gasteiger partial charge on any atom is 0.220 e. The molecule has 0 heterocycles. The van der Waals surface area contributed by atoms with E-state index < -0.39 is 0 Å². The van der Waals surface area contributed by atoms with Crippen molar-refractivity contribution in [3.8, 4) is 0 Å². The molecular weight excluding hydrogens is 200 g/mol. The fraction of sp³-hybridized carbons (Fsp3) is 0.923. The minimum Gasteiger partial charge on any atom is -0.355 e. The van der Waals surface area contributed by atoms with Crippen LogP contribution in [0.4, 0.5) is 0 Å². The number of carbonyl (C=O) groups excluding carboxylic acids is 1. The molecule has 0 aromatic carbocycles. The molecule has 0 aromatic heterocycles. The van der Waals surface area contributed by atoms with Crippen molar-refractivity contribution in [2.24, 2.45) is 5.41 Å². The average Bonchev–Trinajstić information content (AvgIpc) is 1.94. The Bertz CT molecular complexity index is 223. The maximum atomic E-state index is 11.6.